The molecule has 1 heterocycles. The van der Waals surface area contributed by atoms with Gasteiger partial charge in [0, 0.05) is 21.7 Å². The van der Waals surface area contributed by atoms with E-state index < -0.39 is 0 Å². The highest BCUT2D eigenvalue weighted by molar-refractivity contribution is 7.99. The van der Waals surface area contributed by atoms with Crippen molar-refractivity contribution < 1.29 is 9.59 Å². The van der Waals surface area contributed by atoms with E-state index in [1.54, 1.807) is 24.3 Å². The lowest BCUT2D eigenvalue weighted by Crippen LogP contribution is -2.13. The molecular formula is C13H12ClN3O2S2. The Kier molecular flexibility index (Phi) is 5.60. The number of nitrogens with zero attached hydrogens (tertiary/aromatic N) is 1. The van der Waals surface area contributed by atoms with Crippen LogP contribution in [0.5, 0.6) is 0 Å². The molecule has 0 fully saturated rings. The number of carbonyl (C=O) groups excluding carboxylic acids is 2. The number of anilines is 1. The third-order valence-electron chi connectivity index (χ3n) is 2.37. The van der Waals surface area contributed by atoms with Crippen LogP contribution < -0.4 is 11.1 Å². The summed E-state index contributed by atoms with van der Waals surface area (Å²) in [5.41, 5.74) is 6.38. The topological polar surface area (TPSA) is 85.1 Å². The van der Waals surface area contributed by atoms with Gasteiger partial charge in [-0.25, -0.2) is 4.98 Å². The van der Waals surface area contributed by atoms with Crippen LogP contribution in [0.15, 0.2) is 29.6 Å². The number of halogens is 1. The summed E-state index contributed by atoms with van der Waals surface area (Å²) in [4.78, 5) is 26.9. The molecule has 2 aromatic rings. The van der Waals surface area contributed by atoms with Crippen molar-refractivity contribution in [1.82, 2.24) is 4.98 Å². The Hall–Kier alpha value is -1.57. The summed E-state index contributed by atoms with van der Waals surface area (Å²) >= 11 is 8.50. The average molecular weight is 342 g/mol. The van der Waals surface area contributed by atoms with Crippen LogP contribution in [0.1, 0.15) is 16.1 Å². The first kappa shape index (κ1) is 15.8. The number of carbonyl (C=O) groups is 2. The highest BCUT2D eigenvalue weighted by Gasteiger charge is 2.09. The zero-order valence-electron chi connectivity index (χ0n) is 10.8. The third kappa shape index (κ3) is 5.04. The number of hydrogen-bond acceptors (Lipinski definition) is 5. The van der Waals surface area contributed by atoms with Gasteiger partial charge in [-0.2, -0.15) is 0 Å². The molecule has 110 valence electrons. The van der Waals surface area contributed by atoms with Crippen LogP contribution in [-0.2, 0) is 10.5 Å². The maximum absolute atomic E-state index is 12.0. The predicted molar refractivity (Wildman–Crippen MR) is 86.9 cm³/mol. The zero-order chi connectivity index (χ0) is 15.2. The molecule has 0 aliphatic heterocycles. The van der Waals surface area contributed by atoms with Crippen LogP contribution in [0.3, 0.4) is 0 Å². The van der Waals surface area contributed by atoms with Crippen LogP contribution in [0, 0.1) is 0 Å². The van der Waals surface area contributed by atoms with Crippen molar-refractivity contribution in [3.8, 4) is 0 Å². The van der Waals surface area contributed by atoms with Gasteiger partial charge in [0.05, 0.1) is 11.4 Å². The quantitative estimate of drug-likeness (QED) is 0.846. The van der Waals surface area contributed by atoms with Gasteiger partial charge in [-0.3, -0.25) is 14.9 Å². The van der Waals surface area contributed by atoms with Crippen molar-refractivity contribution in [2.24, 2.45) is 5.73 Å². The Morgan fingerprint density at radius 2 is 2.05 bits per heavy atom. The molecule has 0 saturated carbocycles. The molecule has 0 aliphatic carbocycles. The van der Waals surface area contributed by atoms with E-state index >= 15 is 0 Å². The summed E-state index contributed by atoms with van der Waals surface area (Å²) < 4.78 is 0. The Balaban J connectivity index is 1.91. The number of thioether (sulfide) groups is 1. The standard InChI is InChI=1S/C13H12ClN3O2S2/c14-9-3-1-8(2-4-9)12(19)17-13-16-10(6-21-13)5-20-7-11(15)18/h1-4,6H,5,7H2,(H2,15,18)(H,16,17,19). The maximum atomic E-state index is 12.0. The Labute approximate surface area is 134 Å². The monoisotopic (exact) mass is 341 g/mol. The molecule has 2 rings (SSSR count). The molecule has 0 radical (unpaired) electrons. The van der Waals surface area contributed by atoms with Crippen molar-refractivity contribution in [1.29, 1.82) is 0 Å². The molecule has 21 heavy (non-hydrogen) atoms. The van der Waals surface area contributed by atoms with E-state index in [1.807, 2.05) is 5.38 Å². The number of rotatable bonds is 6. The lowest BCUT2D eigenvalue weighted by atomic mass is 10.2. The molecule has 0 spiro atoms. The molecule has 1 aromatic heterocycles. The Morgan fingerprint density at radius 3 is 2.71 bits per heavy atom. The second kappa shape index (κ2) is 7.44. The predicted octanol–water partition coefficient (Wildman–Crippen LogP) is 2.77. The first-order valence-electron chi connectivity index (χ1n) is 5.92. The minimum atomic E-state index is -0.355. The fourth-order valence-electron chi connectivity index (χ4n) is 1.46. The zero-order valence-corrected chi connectivity index (χ0v) is 13.2. The average Bonchev–Trinajstić information content (AvgIpc) is 2.86. The van der Waals surface area contributed by atoms with Crippen LogP contribution in [0.25, 0.3) is 0 Å². The maximum Gasteiger partial charge on any atom is 0.257 e. The summed E-state index contributed by atoms with van der Waals surface area (Å²) in [6.45, 7) is 0. The van der Waals surface area contributed by atoms with Gasteiger partial charge >= 0.3 is 0 Å². The Bertz CT molecular complexity index is 643. The number of aromatic nitrogens is 1. The van der Waals surface area contributed by atoms with Crippen molar-refractivity contribution >= 4 is 51.6 Å². The second-order valence-electron chi connectivity index (χ2n) is 4.06. The summed E-state index contributed by atoms with van der Waals surface area (Å²) in [6.07, 6.45) is 0. The van der Waals surface area contributed by atoms with Gasteiger partial charge < -0.3 is 5.73 Å². The van der Waals surface area contributed by atoms with E-state index in [1.165, 1.54) is 23.1 Å². The van der Waals surface area contributed by atoms with Crippen LogP contribution >= 0.6 is 34.7 Å². The number of nitrogens with one attached hydrogen (secondary N) is 1. The van der Waals surface area contributed by atoms with Crippen molar-refractivity contribution in [2.75, 3.05) is 11.1 Å². The summed E-state index contributed by atoms with van der Waals surface area (Å²) in [6, 6.07) is 6.61. The number of primary amides is 1. The van der Waals surface area contributed by atoms with E-state index in [2.05, 4.69) is 10.3 Å². The van der Waals surface area contributed by atoms with Crippen molar-refractivity contribution in [3.05, 3.63) is 45.9 Å². The van der Waals surface area contributed by atoms with Gasteiger partial charge in [0.1, 0.15) is 0 Å². The lowest BCUT2D eigenvalue weighted by Gasteiger charge is -2.01. The molecule has 0 atom stereocenters. The highest BCUT2D eigenvalue weighted by atomic mass is 35.5. The summed E-state index contributed by atoms with van der Waals surface area (Å²) in [5.74, 6) is 0.240. The minimum Gasteiger partial charge on any atom is -0.369 e. The molecular weight excluding hydrogens is 330 g/mol. The van der Waals surface area contributed by atoms with E-state index in [-0.39, 0.29) is 17.6 Å². The molecule has 2 amide bonds. The minimum absolute atomic E-state index is 0.239. The lowest BCUT2D eigenvalue weighted by molar-refractivity contribution is -0.115. The normalized spacial score (nSPS) is 10.3. The number of benzene rings is 1. The molecule has 5 nitrogen and oxygen atoms in total. The van der Waals surface area contributed by atoms with Crippen LogP contribution in [0.2, 0.25) is 5.02 Å². The molecule has 0 bridgehead atoms. The summed E-state index contributed by atoms with van der Waals surface area (Å²) in [7, 11) is 0. The third-order valence-corrected chi connectivity index (χ3v) is 4.42. The van der Waals surface area contributed by atoms with Crippen molar-refractivity contribution in [2.45, 2.75) is 5.75 Å². The van der Waals surface area contributed by atoms with Gasteiger partial charge in [-0.05, 0) is 24.3 Å². The SMILES string of the molecule is NC(=O)CSCc1csc(NC(=O)c2ccc(Cl)cc2)n1. The van der Waals surface area contributed by atoms with Gasteiger partial charge in [-0.1, -0.05) is 11.6 Å². The fraction of sp³-hybridized carbons (Fsp3) is 0.154. The van der Waals surface area contributed by atoms with E-state index in [0.29, 0.717) is 21.5 Å². The first-order valence-corrected chi connectivity index (χ1v) is 8.33. The van der Waals surface area contributed by atoms with Crippen LogP contribution in [-0.4, -0.2) is 22.6 Å². The Morgan fingerprint density at radius 1 is 1.33 bits per heavy atom. The molecule has 1 aromatic carbocycles. The van der Waals surface area contributed by atoms with Crippen molar-refractivity contribution in [3.63, 3.8) is 0 Å². The first-order chi connectivity index (χ1) is 10.0. The number of hydrogen-bond donors (Lipinski definition) is 2. The van der Waals surface area contributed by atoms with E-state index in [4.69, 9.17) is 17.3 Å². The van der Waals surface area contributed by atoms with Gasteiger partial charge in [0.2, 0.25) is 5.91 Å². The molecule has 0 aliphatic rings. The molecule has 8 heteroatoms. The van der Waals surface area contributed by atoms with Gasteiger partial charge in [0.15, 0.2) is 5.13 Å². The van der Waals surface area contributed by atoms with Gasteiger partial charge in [0.25, 0.3) is 5.91 Å². The number of thiazole rings is 1. The molecule has 3 N–H and O–H groups in total. The largest absolute Gasteiger partial charge is 0.369 e. The number of nitrogens with two attached hydrogens (primary N) is 1. The van der Waals surface area contributed by atoms with E-state index in [9.17, 15) is 9.59 Å². The molecule has 0 saturated heterocycles. The second-order valence-corrected chi connectivity index (χ2v) is 6.34. The van der Waals surface area contributed by atoms with E-state index in [0.717, 1.165) is 5.69 Å². The smallest absolute Gasteiger partial charge is 0.257 e. The highest BCUT2D eigenvalue weighted by Crippen LogP contribution is 2.20. The van der Waals surface area contributed by atoms with Crippen LogP contribution in [0.4, 0.5) is 5.13 Å². The summed E-state index contributed by atoms with van der Waals surface area (Å²) in [5, 5.41) is 5.66. The molecule has 0 unspecified atom stereocenters. The fourth-order valence-corrected chi connectivity index (χ4v) is 3.05. The number of amides is 2. The van der Waals surface area contributed by atoms with Gasteiger partial charge in [-0.15, -0.1) is 23.1 Å².